The quantitative estimate of drug-likeness (QED) is 0.399. The summed E-state index contributed by atoms with van der Waals surface area (Å²) in [4.78, 5) is 50.8. The highest BCUT2D eigenvalue weighted by molar-refractivity contribution is 5.86. The van der Waals surface area contributed by atoms with E-state index in [2.05, 4.69) is 0 Å². The van der Waals surface area contributed by atoms with E-state index in [0.717, 1.165) is 0 Å². The number of cyclic esters (lactones) is 1. The van der Waals surface area contributed by atoms with Gasteiger partial charge in [-0.3, -0.25) is 9.59 Å². The van der Waals surface area contributed by atoms with Gasteiger partial charge >= 0.3 is 23.9 Å². The molecule has 5 rings (SSSR count). The smallest absolute Gasteiger partial charge is 0.335 e. The first-order valence-corrected chi connectivity index (χ1v) is 14.0. The van der Waals surface area contributed by atoms with Gasteiger partial charge in [0.15, 0.2) is 6.10 Å². The monoisotopic (exact) mass is 586 g/mol. The molecular formula is C31H38O11. The van der Waals surface area contributed by atoms with Crippen LogP contribution >= 0.6 is 0 Å². The molecule has 1 aromatic rings. The van der Waals surface area contributed by atoms with E-state index in [-0.39, 0.29) is 6.42 Å². The number of furan rings is 1. The van der Waals surface area contributed by atoms with Crippen molar-refractivity contribution in [1.82, 2.24) is 0 Å². The maximum absolute atomic E-state index is 13.0. The van der Waals surface area contributed by atoms with Crippen LogP contribution in [0.15, 0.2) is 46.0 Å². The number of methoxy groups -OCH3 is 1. The Morgan fingerprint density at radius 2 is 1.74 bits per heavy atom. The summed E-state index contributed by atoms with van der Waals surface area (Å²) in [6.07, 6.45) is -0.256. The van der Waals surface area contributed by atoms with Gasteiger partial charge in [-0.25, -0.2) is 9.59 Å². The first-order valence-electron chi connectivity index (χ1n) is 14.0. The Bertz CT molecular complexity index is 1370. The average Bonchev–Trinajstić information content (AvgIpc) is 3.53. The summed E-state index contributed by atoms with van der Waals surface area (Å²) in [6.45, 7) is 11.9. The fraction of sp³-hybridized carbons (Fsp3) is 0.613. The van der Waals surface area contributed by atoms with Crippen molar-refractivity contribution >= 4 is 23.9 Å². The van der Waals surface area contributed by atoms with Crippen LogP contribution in [0.25, 0.3) is 0 Å². The molecule has 1 aromatic heterocycles. The molecule has 3 heterocycles. The normalized spacial score (nSPS) is 37.2. The highest BCUT2D eigenvalue weighted by Gasteiger charge is 2.73. The summed E-state index contributed by atoms with van der Waals surface area (Å²) >= 11 is 0. The number of hydrogen-bond donors (Lipinski definition) is 1. The SMILES string of the molecule is COC(=O)[C@@H](O)[C@H]1C(C)(C)[C@H](OC(C)=O)C[C@@H]2OC3=C(C)C4=CC(=O)O[C@@H](c5ccoc5)[C@]4(C)[C@@H](OC(C)=O)[C@@H]3[C@@]21C. The molecule has 0 bridgehead atoms. The lowest BCUT2D eigenvalue weighted by molar-refractivity contribution is -0.218. The Morgan fingerprint density at radius 1 is 1.07 bits per heavy atom. The molecular weight excluding hydrogens is 548 g/mol. The minimum atomic E-state index is -1.63. The van der Waals surface area contributed by atoms with Crippen LogP contribution in [-0.4, -0.2) is 60.5 Å². The lowest BCUT2D eigenvalue weighted by atomic mass is 9.46. The highest BCUT2D eigenvalue weighted by atomic mass is 16.6. The number of carbonyl (C=O) groups is 4. The number of hydrogen-bond acceptors (Lipinski definition) is 11. The summed E-state index contributed by atoms with van der Waals surface area (Å²) in [5.41, 5.74) is -1.29. The van der Waals surface area contributed by atoms with Crippen LogP contribution in [0.2, 0.25) is 0 Å². The van der Waals surface area contributed by atoms with Gasteiger partial charge in [-0.1, -0.05) is 20.8 Å². The predicted octanol–water partition coefficient (Wildman–Crippen LogP) is 3.56. The largest absolute Gasteiger partial charge is 0.493 e. The molecule has 11 heteroatoms. The Labute approximate surface area is 244 Å². The van der Waals surface area contributed by atoms with Gasteiger partial charge in [0, 0.05) is 48.7 Å². The third kappa shape index (κ3) is 4.11. The van der Waals surface area contributed by atoms with Gasteiger partial charge in [0.1, 0.15) is 30.2 Å². The standard InChI is InChI=1S/C31H38O11/c1-14-18-11-21(34)42-26(17-9-10-38-13-17)30(18,6)27(40-16(3)33)22-24(14)41-20-12-19(39-15(2)32)29(4,5)25(31(20,22)7)23(35)28(36)37-8/h9-11,13,19-20,22-23,25-27,35H,12H2,1-8H3/t19-,20+,22-,23+,25+,26+,27+,30-,31-/m1/s1. The molecule has 0 aromatic carbocycles. The molecule has 2 aliphatic carbocycles. The summed E-state index contributed by atoms with van der Waals surface area (Å²) < 4.78 is 34.8. The fourth-order valence-electron chi connectivity index (χ4n) is 8.41. The Kier molecular flexibility index (Phi) is 7.11. The Hall–Kier alpha value is -3.60. The van der Waals surface area contributed by atoms with E-state index >= 15 is 0 Å². The van der Waals surface area contributed by atoms with Crippen LogP contribution in [-0.2, 0) is 42.9 Å². The van der Waals surface area contributed by atoms with Crippen LogP contribution in [0, 0.1) is 28.1 Å². The second-order valence-corrected chi connectivity index (χ2v) is 12.8. The first kappa shape index (κ1) is 29.9. The van der Waals surface area contributed by atoms with Crippen molar-refractivity contribution in [2.24, 2.45) is 28.1 Å². The minimum Gasteiger partial charge on any atom is -0.493 e. The molecule has 1 saturated heterocycles. The average molecular weight is 587 g/mol. The molecule has 9 atom stereocenters. The van der Waals surface area contributed by atoms with E-state index in [0.29, 0.717) is 22.5 Å². The van der Waals surface area contributed by atoms with Gasteiger partial charge in [0.2, 0.25) is 0 Å². The summed E-state index contributed by atoms with van der Waals surface area (Å²) in [5, 5.41) is 11.6. The van der Waals surface area contributed by atoms with Crippen LogP contribution in [0.5, 0.6) is 0 Å². The maximum Gasteiger partial charge on any atom is 0.335 e. The highest BCUT2D eigenvalue weighted by Crippen LogP contribution is 2.69. The molecule has 0 radical (unpaired) electrons. The van der Waals surface area contributed by atoms with Gasteiger partial charge in [0.05, 0.1) is 31.0 Å². The second-order valence-electron chi connectivity index (χ2n) is 12.8. The minimum absolute atomic E-state index is 0.254. The van der Waals surface area contributed by atoms with Crippen LogP contribution in [0.1, 0.15) is 66.6 Å². The number of carbonyl (C=O) groups excluding carboxylic acids is 4. The van der Waals surface area contributed by atoms with E-state index in [1.807, 2.05) is 34.6 Å². The number of ether oxygens (including phenoxy) is 5. The summed E-state index contributed by atoms with van der Waals surface area (Å²) in [7, 11) is 1.19. The van der Waals surface area contributed by atoms with Crippen molar-refractivity contribution in [3.63, 3.8) is 0 Å². The molecule has 1 N–H and O–H groups in total. The van der Waals surface area contributed by atoms with Gasteiger partial charge in [-0.05, 0) is 31.1 Å². The van der Waals surface area contributed by atoms with Crippen LogP contribution in [0.3, 0.4) is 0 Å². The number of fused-ring (bicyclic) bond motifs is 4. The Balaban J connectivity index is 1.78. The molecule has 0 unspecified atom stereocenters. The lowest BCUT2D eigenvalue weighted by Gasteiger charge is -2.59. The van der Waals surface area contributed by atoms with Crippen molar-refractivity contribution in [3.8, 4) is 0 Å². The summed E-state index contributed by atoms with van der Waals surface area (Å²) in [5.74, 6) is -3.57. The van der Waals surface area contributed by atoms with Crippen LogP contribution < -0.4 is 0 Å². The molecule has 11 nitrogen and oxygen atoms in total. The first-order chi connectivity index (χ1) is 19.6. The van der Waals surface area contributed by atoms with Crippen molar-refractivity contribution in [3.05, 3.63) is 47.1 Å². The zero-order chi connectivity index (χ0) is 30.9. The van der Waals surface area contributed by atoms with E-state index in [1.165, 1.54) is 39.6 Å². The van der Waals surface area contributed by atoms with E-state index in [1.54, 1.807) is 6.07 Å². The third-order valence-corrected chi connectivity index (χ3v) is 10.1. The molecule has 1 saturated carbocycles. The van der Waals surface area contributed by atoms with Gasteiger partial charge in [-0.2, -0.15) is 0 Å². The number of aliphatic hydroxyl groups excluding tert-OH is 1. The predicted molar refractivity (Wildman–Crippen MR) is 144 cm³/mol. The fourth-order valence-corrected chi connectivity index (χ4v) is 8.41. The molecule has 228 valence electrons. The van der Waals surface area contributed by atoms with E-state index in [9.17, 15) is 24.3 Å². The number of allylic oxidation sites excluding steroid dienone is 1. The maximum atomic E-state index is 13.0. The van der Waals surface area contributed by atoms with Gasteiger partial charge < -0.3 is 33.2 Å². The van der Waals surface area contributed by atoms with E-state index < -0.39 is 82.5 Å². The zero-order valence-electron chi connectivity index (χ0n) is 25.1. The number of esters is 4. The van der Waals surface area contributed by atoms with Crippen molar-refractivity contribution in [2.75, 3.05) is 7.11 Å². The van der Waals surface area contributed by atoms with Crippen molar-refractivity contribution in [2.45, 2.75) is 85.4 Å². The summed E-state index contributed by atoms with van der Waals surface area (Å²) in [6, 6.07) is 1.69. The molecule has 4 aliphatic rings. The number of aliphatic hydroxyl groups is 1. The molecule has 2 fully saturated rings. The molecule has 0 spiro atoms. The van der Waals surface area contributed by atoms with Crippen LogP contribution in [0.4, 0.5) is 0 Å². The van der Waals surface area contributed by atoms with Crippen molar-refractivity contribution < 1.29 is 52.4 Å². The zero-order valence-corrected chi connectivity index (χ0v) is 25.1. The van der Waals surface area contributed by atoms with Gasteiger partial charge in [-0.15, -0.1) is 0 Å². The Morgan fingerprint density at radius 3 is 2.31 bits per heavy atom. The number of rotatable bonds is 5. The lowest BCUT2D eigenvalue weighted by Crippen LogP contribution is -2.65. The molecule has 2 aliphatic heterocycles. The molecule has 0 amide bonds. The second kappa shape index (κ2) is 10.00. The topological polar surface area (TPSA) is 148 Å². The third-order valence-electron chi connectivity index (χ3n) is 10.1. The van der Waals surface area contributed by atoms with Gasteiger partial charge in [0.25, 0.3) is 0 Å². The van der Waals surface area contributed by atoms with Crippen molar-refractivity contribution in [1.29, 1.82) is 0 Å². The molecule has 42 heavy (non-hydrogen) atoms. The van der Waals surface area contributed by atoms with E-state index in [4.69, 9.17) is 28.1 Å².